The molecule has 0 aromatic rings. The van der Waals surface area contributed by atoms with Crippen LogP contribution in [0.3, 0.4) is 0 Å². The Morgan fingerprint density at radius 1 is 0.310 bits per heavy atom. The molecule has 5 nitrogen and oxygen atoms in total. The van der Waals surface area contributed by atoms with Crippen LogP contribution in [0.1, 0.15) is 303 Å². The summed E-state index contributed by atoms with van der Waals surface area (Å²) in [5.74, 6) is -0.371. The molecule has 0 aliphatic heterocycles. The summed E-state index contributed by atoms with van der Waals surface area (Å²) in [5.41, 5.74) is 0. The molecule has 5 heteroatoms. The fourth-order valence-electron chi connectivity index (χ4n) is 8.16. The van der Waals surface area contributed by atoms with Gasteiger partial charge in [-0.15, -0.1) is 0 Å². The quantitative estimate of drug-likeness (QED) is 0.0452. The van der Waals surface area contributed by atoms with Crippen molar-refractivity contribution in [2.24, 2.45) is 0 Å². The van der Waals surface area contributed by atoms with Crippen molar-refractivity contribution < 1.29 is 23.8 Å². The van der Waals surface area contributed by atoms with Gasteiger partial charge in [-0.25, -0.2) is 0 Å². The van der Waals surface area contributed by atoms with E-state index in [1.54, 1.807) is 0 Å². The van der Waals surface area contributed by atoms with Crippen molar-refractivity contribution in [1.82, 2.24) is 0 Å². The van der Waals surface area contributed by atoms with Crippen LogP contribution in [0, 0.1) is 0 Å². The van der Waals surface area contributed by atoms with Gasteiger partial charge < -0.3 is 14.2 Å². The second-order valence-corrected chi connectivity index (χ2v) is 18.2. The number of rotatable bonds is 50. The first-order valence-electron chi connectivity index (χ1n) is 26.6. The molecule has 0 rings (SSSR count). The maximum absolute atomic E-state index is 12.8. The Bertz CT molecular complexity index is 799. The van der Waals surface area contributed by atoms with E-state index in [9.17, 15) is 9.59 Å². The minimum atomic E-state index is -0.522. The zero-order chi connectivity index (χ0) is 42.1. The lowest BCUT2D eigenvalue weighted by molar-refractivity contribution is -0.163. The number of unbranched alkanes of at least 4 members (excludes halogenated alkanes) is 39. The number of ether oxygens (including phenoxy) is 3. The van der Waals surface area contributed by atoms with E-state index in [0.717, 1.165) is 32.1 Å². The Morgan fingerprint density at radius 3 is 0.879 bits per heavy atom. The smallest absolute Gasteiger partial charge is 0.306 e. The lowest BCUT2D eigenvalue weighted by atomic mass is 10.0. The van der Waals surface area contributed by atoms with Crippen LogP contribution < -0.4 is 0 Å². The lowest BCUT2D eigenvalue weighted by Gasteiger charge is -2.18. The van der Waals surface area contributed by atoms with E-state index in [1.807, 2.05) is 0 Å². The van der Waals surface area contributed by atoms with Crippen LogP contribution in [0.4, 0.5) is 0 Å². The summed E-state index contributed by atoms with van der Waals surface area (Å²) in [6.07, 6.45) is 55.4. The summed E-state index contributed by atoms with van der Waals surface area (Å²) < 4.78 is 17.4. The normalized spacial score (nSPS) is 12.0. The highest BCUT2D eigenvalue weighted by Crippen LogP contribution is 2.17. The predicted octanol–water partition coefficient (Wildman–Crippen LogP) is 17.7. The van der Waals surface area contributed by atoms with Crippen molar-refractivity contribution in [3.8, 4) is 0 Å². The molecule has 0 spiro atoms. The van der Waals surface area contributed by atoms with E-state index in [2.05, 4.69) is 20.8 Å². The number of esters is 2. The Balaban J connectivity index is 4.14. The highest BCUT2D eigenvalue weighted by molar-refractivity contribution is 5.70. The van der Waals surface area contributed by atoms with Crippen molar-refractivity contribution in [3.63, 3.8) is 0 Å². The second-order valence-electron chi connectivity index (χ2n) is 18.2. The van der Waals surface area contributed by atoms with Crippen molar-refractivity contribution in [2.75, 3.05) is 19.8 Å². The van der Waals surface area contributed by atoms with Crippen molar-refractivity contribution in [2.45, 2.75) is 309 Å². The highest BCUT2D eigenvalue weighted by atomic mass is 16.6. The van der Waals surface area contributed by atoms with Gasteiger partial charge >= 0.3 is 11.9 Å². The molecule has 0 saturated heterocycles. The van der Waals surface area contributed by atoms with Crippen LogP contribution in [0.5, 0.6) is 0 Å². The lowest BCUT2D eigenvalue weighted by Crippen LogP contribution is -2.30. The van der Waals surface area contributed by atoms with Crippen LogP contribution in [-0.2, 0) is 23.8 Å². The van der Waals surface area contributed by atoms with E-state index in [1.165, 1.54) is 238 Å². The van der Waals surface area contributed by atoms with Crippen LogP contribution in [-0.4, -0.2) is 37.9 Å². The second kappa shape index (κ2) is 50.3. The first-order chi connectivity index (χ1) is 28.6. The average Bonchev–Trinajstić information content (AvgIpc) is 3.22. The van der Waals surface area contributed by atoms with Gasteiger partial charge in [-0.2, -0.15) is 0 Å². The molecule has 58 heavy (non-hydrogen) atoms. The van der Waals surface area contributed by atoms with Gasteiger partial charge in [0, 0.05) is 19.4 Å². The fourth-order valence-corrected chi connectivity index (χ4v) is 8.16. The first kappa shape index (κ1) is 56.9. The average molecular weight is 821 g/mol. The molecule has 0 aromatic carbocycles. The van der Waals surface area contributed by atoms with Crippen LogP contribution in [0.25, 0.3) is 0 Å². The van der Waals surface area contributed by atoms with E-state index >= 15 is 0 Å². The fraction of sp³-hybridized carbons (Fsp3) is 0.962. The molecule has 0 aliphatic rings. The maximum atomic E-state index is 12.8. The van der Waals surface area contributed by atoms with Crippen molar-refractivity contribution in [1.29, 1.82) is 0 Å². The Kier molecular flexibility index (Phi) is 49.3. The van der Waals surface area contributed by atoms with Crippen LogP contribution in [0.2, 0.25) is 0 Å². The van der Waals surface area contributed by atoms with Gasteiger partial charge in [0.25, 0.3) is 0 Å². The Labute approximate surface area is 363 Å². The van der Waals surface area contributed by atoms with Gasteiger partial charge in [-0.3, -0.25) is 9.59 Å². The SMILES string of the molecule is CCCCCCCCCCCCCCCCCCCC(=O)OCC(COCCCCCCCCCCCCCCCC)OC(=O)CCCCCCCCCCCCC. The van der Waals surface area contributed by atoms with E-state index in [0.29, 0.717) is 26.1 Å². The number of carbonyl (C=O) groups is 2. The molecule has 0 amide bonds. The summed E-state index contributed by atoms with van der Waals surface area (Å²) >= 11 is 0. The molecule has 0 heterocycles. The Morgan fingerprint density at radius 2 is 0.569 bits per heavy atom. The summed E-state index contributed by atoms with van der Waals surface area (Å²) in [7, 11) is 0. The molecule has 0 bridgehead atoms. The van der Waals surface area contributed by atoms with E-state index in [4.69, 9.17) is 14.2 Å². The molecule has 0 saturated carbocycles. The molecule has 0 N–H and O–H groups in total. The number of hydrogen-bond donors (Lipinski definition) is 0. The van der Waals surface area contributed by atoms with Crippen LogP contribution in [0.15, 0.2) is 0 Å². The Hall–Kier alpha value is -1.10. The maximum Gasteiger partial charge on any atom is 0.306 e. The summed E-state index contributed by atoms with van der Waals surface area (Å²) in [6, 6.07) is 0. The molecule has 0 aliphatic carbocycles. The summed E-state index contributed by atoms with van der Waals surface area (Å²) in [6.45, 7) is 7.90. The van der Waals surface area contributed by atoms with Gasteiger partial charge in [-0.05, 0) is 19.3 Å². The molecule has 1 unspecified atom stereocenters. The largest absolute Gasteiger partial charge is 0.462 e. The monoisotopic (exact) mass is 821 g/mol. The summed E-state index contributed by atoms with van der Waals surface area (Å²) in [5, 5.41) is 0. The van der Waals surface area contributed by atoms with Gasteiger partial charge in [0.2, 0.25) is 0 Å². The zero-order valence-corrected chi connectivity index (χ0v) is 39.9. The molecule has 346 valence electrons. The first-order valence-corrected chi connectivity index (χ1v) is 26.6. The van der Waals surface area contributed by atoms with Gasteiger partial charge in [0.05, 0.1) is 6.61 Å². The standard InChI is InChI=1S/C53H104O5/c1-4-7-10-13-16-19-22-24-26-27-28-29-32-34-37-40-43-46-52(54)57-50-51(58-53(55)47-44-41-38-35-31-21-18-15-12-9-6-3)49-56-48-45-42-39-36-33-30-25-23-20-17-14-11-8-5-2/h51H,4-50H2,1-3H3. The highest BCUT2D eigenvalue weighted by Gasteiger charge is 2.17. The summed E-state index contributed by atoms with van der Waals surface area (Å²) in [4.78, 5) is 25.4. The van der Waals surface area contributed by atoms with Crippen LogP contribution >= 0.6 is 0 Å². The predicted molar refractivity (Wildman–Crippen MR) is 252 cm³/mol. The zero-order valence-electron chi connectivity index (χ0n) is 39.9. The molecule has 0 radical (unpaired) electrons. The van der Waals surface area contributed by atoms with E-state index < -0.39 is 6.10 Å². The van der Waals surface area contributed by atoms with Crippen molar-refractivity contribution >= 4 is 11.9 Å². The minimum absolute atomic E-state index is 0.0977. The third-order valence-corrected chi connectivity index (χ3v) is 12.1. The minimum Gasteiger partial charge on any atom is -0.462 e. The van der Waals surface area contributed by atoms with E-state index in [-0.39, 0.29) is 18.5 Å². The molecular formula is C53H104O5. The number of carbonyl (C=O) groups excluding carboxylic acids is 2. The van der Waals surface area contributed by atoms with Gasteiger partial charge in [0.15, 0.2) is 6.10 Å². The topological polar surface area (TPSA) is 61.8 Å². The molecule has 0 aromatic heterocycles. The third kappa shape index (κ3) is 47.6. The molecular weight excluding hydrogens is 717 g/mol. The van der Waals surface area contributed by atoms with Crippen molar-refractivity contribution in [3.05, 3.63) is 0 Å². The third-order valence-electron chi connectivity index (χ3n) is 12.1. The van der Waals surface area contributed by atoms with Gasteiger partial charge in [-0.1, -0.05) is 271 Å². The van der Waals surface area contributed by atoms with Gasteiger partial charge in [0.1, 0.15) is 6.61 Å². The number of hydrogen-bond acceptors (Lipinski definition) is 5. The molecule has 0 fully saturated rings. The molecule has 1 atom stereocenters.